The first-order valence-electron chi connectivity index (χ1n) is 11.1. The van der Waals surface area contributed by atoms with Crippen molar-refractivity contribution in [3.8, 4) is 11.5 Å². The van der Waals surface area contributed by atoms with E-state index in [9.17, 15) is 27.9 Å². The molecule has 10 heteroatoms. The molecule has 0 saturated heterocycles. The lowest BCUT2D eigenvalue weighted by Crippen LogP contribution is -2.29. The summed E-state index contributed by atoms with van der Waals surface area (Å²) in [4.78, 5) is 28.6. The molecule has 0 fully saturated rings. The first kappa shape index (κ1) is 24.9. The van der Waals surface area contributed by atoms with Crippen molar-refractivity contribution in [3.05, 3.63) is 96.8 Å². The largest absolute Gasteiger partial charge is 0.503 e. The van der Waals surface area contributed by atoms with Crippen molar-refractivity contribution in [1.82, 2.24) is 0 Å². The van der Waals surface area contributed by atoms with E-state index < -0.39 is 29.1 Å². The molecule has 0 saturated carbocycles. The van der Waals surface area contributed by atoms with Crippen molar-refractivity contribution in [1.29, 1.82) is 0 Å². The third-order valence-electron chi connectivity index (χ3n) is 6.52. The highest BCUT2D eigenvalue weighted by Crippen LogP contribution is 2.46. The number of amides is 1. The summed E-state index contributed by atoms with van der Waals surface area (Å²) in [6.07, 6.45) is -4.65. The predicted octanol–water partition coefficient (Wildman–Crippen LogP) is 6.66. The molecule has 4 aromatic rings. The number of hydrogen-bond acceptors (Lipinski definition) is 5. The Balaban J connectivity index is 1.84. The number of phenols is 1. The van der Waals surface area contributed by atoms with E-state index >= 15 is 0 Å². The van der Waals surface area contributed by atoms with Gasteiger partial charge in [0.25, 0.3) is 5.91 Å². The first-order valence-corrected chi connectivity index (χ1v) is 11.9. The highest BCUT2D eigenvalue weighted by Gasteiger charge is 2.45. The van der Waals surface area contributed by atoms with Crippen LogP contribution in [0.3, 0.4) is 0 Å². The summed E-state index contributed by atoms with van der Waals surface area (Å²) >= 11 is 3.25. The van der Waals surface area contributed by atoms with Crippen LogP contribution in [0.4, 0.5) is 18.9 Å². The first-order chi connectivity index (χ1) is 17.4. The highest BCUT2D eigenvalue weighted by molar-refractivity contribution is 9.10. The van der Waals surface area contributed by atoms with Crippen molar-refractivity contribution in [2.24, 2.45) is 0 Å². The smallest absolute Gasteiger partial charge is 0.416 e. The molecule has 2 heterocycles. The fourth-order valence-corrected chi connectivity index (χ4v) is 5.01. The van der Waals surface area contributed by atoms with Gasteiger partial charge in [-0.15, -0.1) is 0 Å². The van der Waals surface area contributed by atoms with Gasteiger partial charge in [0.15, 0.2) is 16.9 Å². The standard InChI is InChI=1S/C27H19BrF3NO5/c1-12-7-17-19(8-13(12)2)37-25-21(23(17)33)22(14-9-18(28)24(34)20(10-14)36-3)32(26(25)35)16-6-4-5-15(11-16)27(29,30)31/h4-11,22,34H,1-3H3. The molecule has 1 amide bonds. The zero-order valence-corrected chi connectivity index (χ0v) is 21.3. The lowest BCUT2D eigenvalue weighted by Gasteiger charge is -2.26. The van der Waals surface area contributed by atoms with E-state index in [-0.39, 0.29) is 44.0 Å². The number of aromatic hydroxyl groups is 1. The average Bonchev–Trinajstić information content (AvgIpc) is 3.14. The number of nitrogens with zero attached hydrogens (tertiary/aromatic N) is 1. The summed E-state index contributed by atoms with van der Waals surface area (Å²) in [6.45, 7) is 3.67. The minimum absolute atomic E-state index is 0.0159. The van der Waals surface area contributed by atoms with Gasteiger partial charge in [-0.05, 0) is 88.9 Å². The van der Waals surface area contributed by atoms with Gasteiger partial charge in [0.1, 0.15) is 5.58 Å². The van der Waals surface area contributed by atoms with Crippen molar-refractivity contribution in [3.63, 3.8) is 0 Å². The number of phenolic OH excluding ortho intramolecular Hbond substituents is 1. The van der Waals surface area contributed by atoms with Crippen LogP contribution in [0.25, 0.3) is 11.0 Å². The van der Waals surface area contributed by atoms with Crippen LogP contribution >= 0.6 is 15.9 Å². The van der Waals surface area contributed by atoms with E-state index in [4.69, 9.17) is 9.15 Å². The molecule has 0 bridgehead atoms. The third-order valence-corrected chi connectivity index (χ3v) is 7.13. The number of rotatable bonds is 3. The quantitative estimate of drug-likeness (QED) is 0.296. The Hall–Kier alpha value is -3.79. The second-order valence-corrected chi connectivity index (χ2v) is 9.64. The number of aryl methyl sites for hydroxylation is 2. The van der Waals surface area contributed by atoms with E-state index in [1.54, 1.807) is 12.1 Å². The fraction of sp³-hybridized carbons (Fsp3) is 0.185. The van der Waals surface area contributed by atoms with Crippen molar-refractivity contribution in [2.45, 2.75) is 26.1 Å². The number of hydrogen-bond donors (Lipinski definition) is 1. The number of benzene rings is 3. The molecule has 0 radical (unpaired) electrons. The Labute approximate surface area is 217 Å². The summed E-state index contributed by atoms with van der Waals surface area (Å²) in [6, 6.07) is 9.37. The molecule has 1 N–H and O–H groups in total. The predicted molar refractivity (Wildman–Crippen MR) is 134 cm³/mol. The molecule has 1 unspecified atom stereocenters. The van der Waals surface area contributed by atoms with Gasteiger partial charge in [0, 0.05) is 5.69 Å². The molecule has 190 valence electrons. The molecule has 3 aromatic carbocycles. The molecular weight excluding hydrogens is 555 g/mol. The van der Waals surface area contributed by atoms with Gasteiger partial charge in [0.2, 0.25) is 5.76 Å². The minimum Gasteiger partial charge on any atom is -0.503 e. The Kier molecular flexibility index (Phi) is 5.82. The van der Waals surface area contributed by atoms with E-state index in [1.807, 2.05) is 13.8 Å². The summed E-state index contributed by atoms with van der Waals surface area (Å²) in [5.41, 5.74) is 0.691. The van der Waals surface area contributed by atoms with Crippen LogP contribution in [-0.2, 0) is 6.18 Å². The number of anilines is 1. The van der Waals surface area contributed by atoms with E-state index in [0.29, 0.717) is 5.56 Å². The fourth-order valence-electron chi connectivity index (χ4n) is 4.55. The van der Waals surface area contributed by atoms with Crippen LogP contribution in [0.2, 0.25) is 0 Å². The molecule has 0 spiro atoms. The lowest BCUT2D eigenvalue weighted by molar-refractivity contribution is -0.137. The summed E-state index contributed by atoms with van der Waals surface area (Å²) < 4.78 is 52.0. The van der Waals surface area contributed by atoms with Gasteiger partial charge in [-0.2, -0.15) is 13.2 Å². The number of carbonyl (C=O) groups excluding carboxylic acids is 1. The Bertz CT molecular complexity index is 1660. The third kappa shape index (κ3) is 3.96. The van der Waals surface area contributed by atoms with Crippen LogP contribution in [0.1, 0.15) is 44.4 Å². The van der Waals surface area contributed by atoms with Crippen LogP contribution in [0.15, 0.2) is 62.2 Å². The second-order valence-electron chi connectivity index (χ2n) is 8.79. The molecule has 5 rings (SSSR count). The maximum atomic E-state index is 13.8. The number of halogens is 4. The normalized spacial score (nSPS) is 15.4. The van der Waals surface area contributed by atoms with Gasteiger partial charge >= 0.3 is 6.18 Å². The van der Waals surface area contributed by atoms with Crippen LogP contribution in [-0.4, -0.2) is 18.1 Å². The second kappa shape index (κ2) is 8.65. The Morgan fingerprint density at radius 1 is 1.05 bits per heavy atom. The molecule has 1 aromatic heterocycles. The molecule has 0 aliphatic carbocycles. The van der Waals surface area contributed by atoms with Gasteiger partial charge in [-0.1, -0.05) is 6.07 Å². The summed E-state index contributed by atoms with van der Waals surface area (Å²) in [5.74, 6) is -1.19. The monoisotopic (exact) mass is 573 g/mol. The maximum absolute atomic E-state index is 13.8. The average molecular weight is 574 g/mol. The molecule has 1 aliphatic rings. The van der Waals surface area contributed by atoms with Crippen molar-refractivity contribution in [2.75, 3.05) is 12.0 Å². The van der Waals surface area contributed by atoms with Crippen molar-refractivity contribution < 1.29 is 32.2 Å². The Morgan fingerprint density at radius 2 is 1.76 bits per heavy atom. The van der Waals surface area contributed by atoms with E-state index in [0.717, 1.165) is 28.2 Å². The zero-order valence-electron chi connectivity index (χ0n) is 19.7. The van der Waals surface area contributed by atoms with Gasteiger partial charge in [0.05, 0.1) is 34.1 Å². The minimum atomic E-state index is -4.65. The number of methoxy groups -OCH3 is 1. The lowest BCUT2D eigenvalue weighted by atomic mass is 9.96. The van der Waals surface area contributed by atoms with Crippen LogP contribution < -0.4 is 15.1 Å². The van der Waals surface area contributed by atoms with Gasteiger partial charge in [-0.25, -0.2) is 0 Å². The SMILES string of the molecule is COc1cc(C2c3c(oc4cc(C)c(C)cc4c3=O)C(=O)N2c2cccc(C(F)(F)F)c2)cc(Br)c1O. The molecule has 37 heavy (non-hydrogen) atoms. The van der Waals surface area contributed by atoms with Gasteiger partial charge in [-0.3, -0.25) is 14.5 Å². The summed E-state index contributed by atoms with van der Waals surface area (Å²) in [5, 5.41) is 10.6. The van der Waals surface area contributed by atoms with Crippen LogP contribution in [0.5, 0.6) is 11.5 Å². The van der Waals surface area contributed by atoms with Crippen LogP contribution in [0, 0.1) is 13.8 Å². The molecular formula is C27H19BrF3NO5. The number of fused-ring (bicyclic) bond motifs is 2. The molecule has 6 nitrogen and oxygen atoms in total. The highest BCUT2D eigenvalue weighted by atomic mass is 79.9. The Morgan fingerprint density at radius 3 is 2.43 bits per heavy atom. The zero-order chi connectivity index (χ0) is 26.8. The molecule has 1 atom stereocenters. The maximum Gasteiger partial charge on any atom is 0.416 e. The number of alkyl halides is 3. The topological polar surface area (TPSA) is 80.0 Å². The number of carbonyl (C=O) groups is 1. The molecule has 1 aliphatic heterocycles. The number of ether oxygens (including phenoxy) is 1. The summed E-state index contributed by atoms with van der Waals surface area (Å²) in [7, 11) is 1.33. The van der Waals surface area contributed by atoms with E-state index in [1.165, 1.54) is 31.4 Å². The van der Waals surface area contributed by atoms with E-state index in [2.05, 4.69) is 15.9 Å². The van der Waals surface area contributed by atoms with Gasteiger partial charge < -0.3 is 14.3 Å². The van der Waals surface area contributed by atoms with Crippen molar-refractivity contribution >= 4 is 38.5 Å².